The third-order valence-corrected chi connectivity index (χ3v) is 1.44. The maximum Gasteiger partial charge on any atom is 0.0358 e. The second-order valence-electron chi connectivity index (χ2n) is 2.08. The van der Waals surface area contributed by atoms with Crippen molar-refractivity contribution >= 4 is 11.4 Å². The number of hydrogen-bond donors (Lipinski definition) is 2. The molecule has 0 aliphatic heterocycles. The first-order valence-electron chi connectivity index (χ1n) is 3.32. The summed E-state index contributed by atoms with van der Waals surface area (Å²) in [6, 6.07) is 8.12. The Hall–Kier alpha value is -1.18. The largest absolute Gasteiger partial charge is 0.388 e. The molecule has 0 amide bonds. The maximum absolute atomic E-state index is 3.06. The van der Waals surface area contributed by atoms with Crippen molar-refractivity contribution in [3.63, 3.8) is 0 Å². The summed E-state index contributed by atoms with van der Waals surface area (Å²) in [6.45, 7) is 0. The molecule has 1 rings (SSSR count). The predicted octanol–water partition coefficient (Wildman–Crippen LogP) is 2.41. The van der Waals surface area contributed by atoms with Gasteiger partial charge in [-0.2, -0.15) is 0 Å². The summed E-state index contributed by atoms with van der Waals surface area (Å²) in [7, 11) is 3.82. The lowest BCUT2D eigenvalue weighted by molar-refractivity contribution is 1.47. The minimum absolute atomic E-state index is 0. The smallest absolute Gasteiger partial charge is 0.0358 e. The van der Waals surface area contributed by atoms with Crippen LogP contribution in [0.1, 0.15) is 7.43 Å². The Morgan fingerprint density at radius 2 is 1.45 bits per heavy atom. The van der Waals surface area contributed by atoms with Gasteiger partial charge in [-0.05, 0) is 18.2 Å². The van der Waals surface area contributed by atoms with E-state index in [-0.39, 0.29) is 7.43 Å². The first-order chi connectivity index (χ1) is 4.86. The van der Waals surface area contributed by atoms with Crippen LogP contribution in [0.25, 0.3) is 0 Å². The standard InChI is InChI=1S/C8H12N2.CH4/c1-9-7-4-3-5-8(6-7)10-2;/h3-6,9-10H,1-2H3;1H4. The summed E-state index contributed by atoms with van der Waals surface area (Å²) in [5.41, 5.74) is 2.26. The van der Waals surface area contributed by atoms with Crippen LogP contribution < -0.4 is 10.6 Å². The highest BCUT2D eigenvalue weighted by Gasteiger charge is 1.88. The highest BCUT2D eigenvalue weighted by molar-refractivity contribution is 5.55. The van der Waals surface area contributed by atoms with Gasteiger partial charge >= 0.3 is 0 Å². The molecule has 0 aromatic heterocycles. The van der Waals surface area contributed by atoms with E-state index in [2.05, 4.69) is 16.7 Å². The van der Waals surface area contributed by atoms with Gasteiger partial charge in [0.2, 0.25) is 0 Å². The SMILES string of the molecule is C.CNc1cccc(NC)c1. The van der Waals surface area contributed by atoms with E-state index in [4.69, 9.17) is 0 Å². The topological polar surface area (TPSA) is 24.1 Å². The third kappa shape index (κ3) is 2.50. The van der Waals surface area contributed by atoms with Crippen molar-refractivity contribution in [2.75, 3.05) is 24.7 Å². The van der Waals surface area contributed by atoms with Gasteiger partial charge in [0.1, 0.15) is 0 Å². The molecule has 0 fully saturated rings. The molecule has 0 bridgehead atoms. The number of nitrogens with one attached hydrogen (secondary N) is 2. The average molecular weight is 152 g/mol. The first kappa shape index (κ1) is 9.82. The summed E-state index contributed by atoms with van der Waals surface area (Å²) in [5.74, 6) is 0. The quantitative estimate of drug-likeness (QED) is 0.680. The monoisotopic (exact) mass is 152 g/mol. The highest BCUT2D eigenvalue weighted by Crippen LogP contribution is 2.12. The Kier molecular flexibility index (Phi) is 4.11. The molecule has 62 valence electrons. The van der Waals surface area contributed by atoms with Crippen LogP contribution in [0.4, 0.5) is 11.4 Å². The second kappa shape index (κ2) is 4.61. The molecule has 0 radical (unpaired) electrons. The number of rotatable bonds is 2. The fourth-order valence-electron chi connectivity index (χ4n) is 0.830. The zero-order valence-electron chi connectivity index (χ0n) is 6.31. The first-order valence-corrected chi connectivity index (χ1v) is 3.32. The average Bonchev–Trinajstić information content (AvgIpc) is 2.05. The molecule has 0 heterocycles. The molecule has 0 spiro atoms. The van der Waals surface area contributed by atoms with Gasteiger partial charge in [0.25, 0.3) is 0 Å². The van der Waals surface area contributed by atoms with E-state index in [1.807, 2.05) is 32.3 Å². The van der Waals surface area contributed by atoms with Crippen LogP contribution in [0.3, 0.4) is 0 Å². The molecule has 0 saturated heterocycles. The molecular formula is C9H16N2. The molecule has 2 heteroatoms. The lowest BCUT2D eigenvalue weighted by Gasteiger charge is -2.02. The van der Waals surface area contributed by atoms with E-state index in [1.54, 1.807) is 0 Å². The van der Waals surface area contributed by atoms with Crippen LogP contribution >= 0.6 is 0 Å². The van der Waals surface area contributed by atoms with Gasteiger partial charge < -0.3 is 10.6 Å². The number of anilines is 2. The lowest BCUT2D eigenvalue weighted by Crippen LogP contribution is -1.90. The van der Waals surface area contributed by atoms with Gasteiger partial charge in [0.15, 0.2) is 0 Å². The molecule has 0 aliphatic rings. The fourth-order valence-corrected chi connectivity index (χ4v) is 0.830. The van der Waals surface area contributed by atoms with Crippen molar-refractivity contribution in [3.05, 3.63) is 24.3 Å². The van der Waals surface area contributed by atoms with Crippen LogP contribution in [0, 0.1) is 0 Å². The molecule has 0 saturated carbocycles. The van der Waals surface area contributed by atoms with Crippen LogP contribution in [-0.2, 0) is 0 Å². The van der Waals surface area contributed by atoms with E-state index in [1.165, 1.54) is 0 Å². The Morgan fingerprint density at radius 1 is 1.00 bits per heavy atom. The zero-order chi connectivity index (χ0) is 7.40. The van der Waals surface area contributed by atoms with Crippen molar-refractivity contribution in [2.45, 2.75) is 7.43 Å². The lowest BCUT2D eigenvalue weighted by atomic mass is 10.3. The van der Waals surface area contributed by atoms with Crippen LogP contribution in [0.5, 0.6) is 0 Å². The minimum atomic E-state index is 0. The van der Waals surface area contributed by atoms with Gasteiger partial charge in [0.05, 0.1) is 0 Å². The maximum atomic E-state index is 3.06. The Labute approximate surface area is 68.6 Å². The molecule has 0 unspecified atom stereocenters. The van der Waals surface area contributed by atoms with E-state index < -0.39 is 0 Å². The van der Waals surface area contributed by atoms with Gasteiger partial charge in [-0.15, -0.1) is 0 Å². The third-order valence-electron chi connectivity index (χ3n) is 1.44. The minimum Gasteiger partial charge on any atom is -0.388 e. The predicted molar refractivity (Wildman–Crippen MR) is 52.3 cm³/mol. The van der Waals surface area contributed by atoms with E-state index in [0.29, 0.717) is 0 Å². The van der Waals surface area contributed by atoms with Crippen molar-refractivity contribution in [1.29, 1.82) is 0 Å². The Bertz CT molecular complexity index is 189. The summed E-state index contributed by atoms with van der Waals surface area (Å²) in [6.07, 6.45) is 0. The summed E-state index contributed by atoms with van der Waals surface area (Å²) >= 11 is 0. The summed E-state index contributed by atoms with van der Waals surface area (Å²) < 4.78 is 0. The van der Waals surface area contributed by atoms with Crippen molar-refractivity contribution in [3.8, 4) is 0 Å². The van der Waals surface area contributed by atoms with Crippen LogP contribution in [0.2, 0.25) is 0 Å². The normalized spacial score (nSPS) is 8.18. The van der Waals surface area contributed by atoms with E-state index >= 15 is 0 Å². The zero-order valence-corrected chi connectivity index (χ0v) is 6.31. The molecule has 2 N–H and O–H groups in total. The van der Waals surface area contributed by atoms with Gasteiger partial charge in [-0.3, -0.25) is 0 Å². The Balaban J connectivity index is 0.000001000. The van der Waals surface area contributed by atoms with Gasteiger partial charge in [-0.25, -0.2) is 0 Å². The Morgan fingerprint density at radius 3 is 1.82 bits per heavy atom. The molecule has 1 aromatic rings. The summed E-state index contributed by atoms with van der Waals surface area (Å²) in [5, 5.41) is 6.12. The molecule has 0 atom stereocenters. The van der Waals surface area contributed by atoms with Gasteiger partial charge in [0, 0.05) is 25.5 Å². The molecule has 2 nitrogen and oxygen atoms in total. The van der Waals surface area contributed by atoms with Crippen LogP contribution in [-0.4, -0.2) is 14.1 Å². The fraction of sp³-hybridized carbons (Fsp3) is 0.333. The second-order valence-corrected chi connectivity index (χ2v) is 2.08. The number of hydrogen-bond acceptors (Lipinski definition) is 2. The highest BCUT2D eigenvalue weighted by atomic mass is 14.8. The van der Waals surface area contributed by atoms with Crippen molar-refractivity contribution in [2.24, 2.45) is 0 Å². The number of benzene rings is 1. The molecule has 1 aromatic carbocycles. The van der Waals surface area contributed by atoms with Crippen molar-refractivity contribution < 1.29 is 0 Å². The van der Waals surface area contributed by atoms with E-state index in [9.17, 15) is 0 Å². The van der Waals surface area contributed by atoms with Gasteiger partial charge in [-0.1, -0.05) is 13.5 Å². The molecular weight excluding hydrogens is 136 g/mol. The molecule has 11 heavy (non-hydrogen) atoms. The van der Waals surface area contributed by atoms with Crippen molar-refractivity contribution in [1.82, 2.24) is 0 Å². The molecule has 0 aliphatic carbocycles. The van der Waals surface area contributed by atoms with Crippen LogP contribution in [0.15, 0.2) is 24.3 Å². The van der Waals surface area contributed by atoms with E-state index in [0.717, 1.165) is 11.4 Å². The summed E-state index contributed by atoms with van der Waals surface area (Å²) in [4.78, 5) is 0.